The second-order valence-electron chi connectivity index (χ2n) is 7.20. The van der Waals surface area contributed by atoms with Crippen LogP contribution in [0, 0.1) is 0 Å². The minimum Gasteiger partial charge on any atom is -0.465 e. The lowest BCUT2D eigenvalue weighted by Gasteiger charge is -2.22. The molecule has 31 heavy (non-hydrogen) atoms. The zero-order valence-electron chi connectivity index (χ0n) is 17.2. The van der Waals surface area contributed by atoms with Gasteiger partial charge >= 0.3 is 12.0 Å². The lowest BCUT2D eigenvalue weighted by Crippen LogP contribution is -2.29. The van der Waals surface area contributed by atoms with Crippen LogP contribution in [0.1, 0.15) is 28.8 Å². The number of methoxy groups -OCH3 is 1. The van der Waals surface area contributed by atoms with E-state index in [9.17, 15) is 9.59 Å². The quantitative estimate of drug-likeness (QED) is 0.595. The van der Waals surface area contributed by atoms with Crippen molar-refractivity contribution in [2.45, 2.75) is 19.4 Å². The van der Waals surface area contributed by atoms with Crippen LogP contribution in [-0.2, 0) is 11.3 Å². The van der Waals surface area contributed by atoms with Crippen LogP contribution in [0.15, 0.2) is 55.0 Å². The number of nitrogens with one attached hydrogen (secondary N) is 2. The fourth-order valence-corrected chi connectivity index (χ4v) is 3.56. The number of amides is 2. The van der Waals surface area contributed by atoms with Crippen molar-refractivity contribution in [3.63, 3.8) is 0 Å². The zero-order chi connectivity index (χ0) is 21.6. The Kier molecular flexibility index (Phi) is 6.11. The maximum absolute atomic E-state index is 12.6. The monoisotopic (exact) mass is 420 g/mol. The van der Waals surface area contributed by atoms with Crippen LogP contribution in [0.25, 0.3) is 5.82 Å². The molecule has 0 spiro atoms. The highest BCUT2D eigenvalue weighted by Crippen LogP contribution is 2.30. The molecule has 9 heteroatoms. The Balaban J connectivity index is 1.46. The summed E-state index contributed by atoms with van der Waals surface area (Å²) in [5, 5.41) is 9.91. The Labute approximate surface area is 180 Å². The molecule has 1 saturated heterocycles. The third-order valence-corrected chi connectivity index (χ3v) is 5.11. The number of aromatic nitrogens is 3. The molecule has 160 valence electrons. The van der Waals surface area contributed by atoms with Crippen molar-refractivity contribution in [1.29, 1.82) is 0 Å². The van der Waals surface area contributed by atoms with Gasteiger partial charge < -0.3 is 20.3 Å². The fraction of sp³-hybridized carbons (Fsp3) is 0.273. The van der Waals surface area contributed by atoms with Gasteiger partial charge in [-0.05, 0) is 54.8 Å². The summed E-state index contributed by atoms with van der Waals surface area (Å²) in [5.74, 6) is 0.228. The van der Waals surface area contributed by atoms with Crippen LogP contribution >= 0.6 is 0 Å². The molecular formula is C22H24N6O3. The van der Waals surface area contributed by atoms with Crippen LogP contribution in [0.5, 0.6) is 0 Å². The molecule has 1 aromatic carbocycles. The maximum atomic E-state index is 12.6. The van der Waals surface area contributed by atoms with Gasteiger partial charge in [0.05, 0.1) is 24.0 Å². The number of rotatable bonds is 6. The third kappa shape index (κ3) is 4.82. The number of carbonyl (C=O) groups excluding carboxylic acids is 2. The van der Waals surface area contributed by atoms with E-state index in [0.29, 0.717) is 23.6 Å². The molecule has 3 heterocycles. The number of hydrogen-bond acceptors (Lipinski definition) is 6. The first-order valence-corrected chi connectivity index (χ1v) is 10.1. The number of anilines is 2. The Morgan fingerprint density at radius 3 is 2.71 bits per heavy atom. The van der Waals surface area contributed by atoms with E-state index in [4.69, 9.17) is 4.74 Å². The molecule has 2 N–H and O–H groups in total. The molecule has 3 aromatic rings. The number of esters is 1. The standard InChI is InChI=1S/C22H24N6O3/c1-31-21(29)17-5-6-19(27-10-2-3-11-27)18(14-17)26-22(30)24-15-16-7-9-23-20(13-16)28-12-4-8-25-28/h4-9,12-14H,2-3,10-11,15H2,1H3,(H2,24,26,30). The SMILES string of the molecule is COC(=O)c1ccc(N2CCCC2)c(NC(=O)NCc2ccnc(-n3cccn3)c2)c1. The van der Waals surface area contributed by atoms with E-state index in [1.165, 1.54) is 7.11 Å². The highest BCUT2D eigenvalue weighted by atomic mass is 16.5. The summed E-state index contributed by atoms with van der Waals surface area (Å²) in [6.45, 7) is 2.15. The summed E-state index contributed by atoms with van der Waals surface area (Å²) in [6.07, 6.45) is 7.37. The zero-order valence-corrected chi connectivity index (χ0v) is 17.2. The van der Waals surface area contributed by atoms with Crippen molar-refractivity contribution in [1.82, 2.24) is 20.1 Å². The van der Waals surface area contributed by atoms with Gasteiger partial charge in [0.1, 0.15) is 0 Å². The Morgan fingerprint density at radius 2 is 1.97 bits per heavy atom. The number of carbonyl (C=O) groups is 2. The summed E-state index contributed by atoms with van der Waals surface area (Å²) < 4.78 is 6.47. The summed E-state index contributed by atoms with van der Waals surface area (Å²) in [6, 6.07) is 10.4. The predicted octanol–water partition coefficient (Wildman–Crippen LogP) is 2.98. The normalized spacial score (nSPS) is 13.1. The molecule has 4 rings (SSSR count). The van der Waals surface area contributed by atoms with Crippen molar-refractivity contribution in [2.24, 2.45) is 0 Å². The number of nitrogens with zero attached hydrogens (tertiary/aromatic N) is 4. The molecule has 0 saturated carbocycles. The van der Waals surface area contributed by atoms with Crippen molar-refractivity contribution < 1.29 is 14.3 Å². The average molecular weight is 420 g/mol. The van der Waals surface area contributed by atoms with Gasteiger partial charge in [-0.2, -0.15) is 5.10 Å². The van der Waals surface area contributed by atoms with Gasteiger partial charge in [0.25, 0.3) is 0 Å². The number of hydrogen-bond donors (Lipinski definition) is 2. The predicted molar refractivity (Wildman–Crippen MR) is 116 cm³/mol. The van der Waals surface area contributed by atoms with E-state index < -0.39 is 5.97 Å². The average Bonchev–Trinajstić information content (AvgIpc) is 3.52. The maximum Gasteiger partial charge on any atom is 0.337 e. The Bertz CT molecular complexity index is 1060. The number of ether oxygens (including phenoxy) is 1. The van der Waals surface area contributed by atoms with Gasteiger partial charge in [-0.25, -0.2) is 19.3 Å². The number of urea groups is 1. The molecule has 2 amide bonds. The molecule has 0 atom stereocenters. The molecule has 1 aliphatic heterocycles. The molecule has 0 bridgehead atoms. The van der Waals surface area contributed by atoms with E-state index in [-0.39, 0.29) is 6.03 Å². The van der Waals surface area contributed by atoms with E-state index in [1.807, 2.05) is 24.3 Å². The molecule has 1 aliphatic rings. The summed E-state index contributed by atoms with van der Waals surface area (Å²) in [7, 11) is 1.34. The third-order valence-electron chi connectivity index (χ3n) is 5.11. The number of pyridine rings is 1. The van der Waals surface area contributed by atoms with Gasteiger partial charge in [-0.15, -0.1) is 0 Å². The van der Waals surface area contributed by atoms with Gasteiger partial charge in [0.15, 0.2) is 5.82 Å². The van der Waals surface area contributed by atoms with Crippen molar-refractivity contribution in [3.8, 4) is 5.82 Å². The van der Waals surface area contributed by atoms with Gasteiger partial charge in [0, 0.05) is 38.2 Å². The van der Waals surface area contributed by atoms with E-state index in [2.05, 4.69) is 25.6 Å². The topological polar surface area (TPSA) is 101 Å². The smallest absolute Gasteiger partial charge is 0.337 e. The lowest BCUT2D eigenvalue weighted by molar-refractivity contribution is 0.0600. The molecule has 0 aliphatic carbocycles. The largest absolute Gasteiger partial charge is 0.465 e. The number of benzene rings is 1. The van der Waals surface area contributed by atoms with Crippen LogP contribution in [0.4, 0.5) is 16.2 Å². The van der Waals surface area contributed by atoms with Gasteiger partial charge in [-0.3, -0.25) is 0 Å². The molecule has 0 radical (unpaired) electrons. The van der Waals surface area contributed by atoms with Crippen molar-refractivity contribution >= 4 is 23.4 Å². The second kappa shape index (κ2) is 9.29. The van der Waals surface area contributed by atoms with Crippen LogP contribution in [-0.4, -0.2) is 47.0 Å². The van der Waals surface area contributed by atoms with E-state index >= 15 is 0 Å². The first-order chi connectivity index (χ1) is 15.1. The van der Waals surface area contributed by atoms with E-state index in [0.717, 1.165) is 37.2 Å². The first-order valence-electron chi connectivity index (χ1n) is 10.1. The lowest BCUT2D eigenvalue weighted by atomic mass is 10.1. The highest BCUT2D eigenvalue weighted by molar-refractivity contribution is 5.97. The minimum absolute atomic E-state index is 0.318. The van der Waals surface area contributed by atoms with Gasteiger partial charge in [0.2, 0.25) is 0 Å². The van der Waals surface area contributed by atoms with Crippen LogP contribution < -0.4 is 15.5 Å². The minimum atomic E-state index is -0.445. The molecule has 0 unspecified atom stereocenters. The summed E-state index contributed by atoms with van der Waals surface area (Å²) >= 11 is 0. The van der Waals surface area contributed by atoms with E-state index in [1.54, 1.807) is 35.4 Å². The van der Waals surface area contributed by atoms with Crippen molar-refractivity contribution in [3.05, 3.63) is 66.1 Å². The summed E-state index contributed by atoms with van der Waals surface area (Å²) in [4.78, 5) is 31.1. The molecule has 9 nitrogen and oxygen atoms in total. The highest BCUT2D eigenvalue weighted by Gasteiger charge is 2.19. The molecule has 1 fully saturated rings. The molecule has 2 aromatic heterocycles. The van der Waals surface area contributed by atoms with Crippen molar-refractivity contribution in [2.75, 3.05) is 30.4 Å². The fourth-order valence-electron chi connectivity index (χ4n) is 3.56. The molecular weight excluding hydrogens is 396 g/mol. The Morgan fingerprint density at radius 1 is 1.13 bits per heavy atom. The van der Waals surface area contributed by atoms with Crippen LogP contribution in [0.3, 0.4) is 0 Å². The van der Waals surface area contributed by atoms with Crippen LogP contribution in [0.2, 0.25) is 0 Å². The Hall–Kier alpha value is -3.88. The van der Waals surface area contributed by atoms with Gasteiger partial charge in [-0.1, -0.05) is 0 Å². The second-order valence-corrected chi connectivity index (χ2v) is 7.20. The summed E-state index contributed by atoms with van der Waals surface area (Å²) in [5.41, 5.74) is 2.75. The first kappa shape index (κ1) is 20.4.